The van der Waals surface area contributed by atoms with Crippen LogP contribution in [0, 0.1) is 0 Å². The summed E-state index contributed by atoms with van der Waals surface area (Å²) in [5.41, 5.74) is 5.39. The predicted molar refractivity (Wildman–Crippen MR) is 32.7 cm³/mol. The van der Waals surface area contributed by atoms with Crippen LogP contribution >= 0.6 is 0 Å². The third-order valence-electron chi connectivity index (χ3n) is 1.11. The minimum absolute atomic E-state index is 0.0759. The van der Waals surface area contributed by atoms with Crippen LogP contribution in [-0.2, 0) is 0 Å². The summed E-state index contributed by atoms with van der Waals surface area (Å²) >= 11 is 0. The van der Waals surface area contributed by atoms with Crippen LogP contribution in [0.2, 0.25) is 0 Å². The maximum atomic E-state index is 8.52. The van der Waals surface area contributed by atoms with Crippen molar-refractivity contribution in [3.63, 3.8) is 0 Å². The van der Waals surface area contributed by atoms with Crippen molar-refractivity contribution in [2.24, 2.45) is 5.73 Å². The van der Waals surface area contributed by atoms with Crippen molar-refractivity contribution in [1.29, 1.82) is 0 Å². The molecule has 3 heteroatoms. The smallest absolute Gasteiger partial charge is 0.122 e. The fourth-order valence-corrected chi connectivity index (χ4v) is 0.592. The van der Waals surface area contributed by atoms with Crippen molar-refractivity contribution < 1.29 is 9.52 Å². The Hall–Kier alpha value is -0.800. The van der Waals surface area contributed by atoms with E-state index in [9.17, 15) is 0 Å². The molecule has 50 valence electrons. The van der Waals surface area contributed by atoms with Crippen molar-refractivity contribution in [2.45, 2.75) is 6.04 Å². The van der Waals surface area contributed by atoms with Gasteiger partial charge in [-0.1, -0.05) is 0 Å². The third kappa shape index (κ3) is 1.31. The van der Waals surface area contributed by atoms with Gasteiger partial charge >= 0.3 is 0 Å². The van der Waals surface area contributed by atoms with Gasteiger partial charge in [-0.25, -0.2) is 0 Å². The van der Waals surface area contributed by atoms with E-state index in [1.807, 2.05) is 0 Å². The van der Waals surface area contributed by atoms with Crippen molar-refractivity contribution >= 4 is 0 Å². The Morgan fingerprint density at radius 1 is 1.78 bits per heavy atom. The number of furan rings is 1. The van der Waals surface area contributed by atoms with E-state index in [1.165, 1.54) is 6.26 Å². The summed E-state index contributed by atoms with van der Waals surface area (Å²) in [5.74, 6) is 0.623. The molecule has 0 spiro atoms. The lowest BCUT2D eigenvalue weighted by Gasteiger charge is -2.00. The Bertz CT molecular complexity index is 160. The Balaban J connectivity index is 2.65. The number of rotatable bonds is 2. The molecule has 0 saturated heterocycles. The summed E-state index contributed by atoms with van der Waals surface area (Å²) in [6.07, 6.45) is 1.53. The number of hydrogen-bond donors (Lipinski definition) is 2. The number of aliphatic hydroxyl groups excluding tert-OH is 1. The predicted octanol–water partition coefficient (Wildman–Crippen LogP) is 0.272. The second-order valence-corrected chi connectivity index (χ2v) is 1.80. The third-order valence-corrected chi connectivity index (χ3v) is 1.11. The highest BCUT2D eigenvalue weighted by Gasteiger charge is 2.04. The zero-order valence-electron chi connectivity index (χ0n) is 4.95. The van der Waals surface area contributed by atoms with Gasteiger partial charge in [-0.3, -0.25) is 0 Å². The molecule has 0 amide bonds. The standard InChI is InChI=1S/C6H9NO2/c7-5(4-8)6-2-1-3-9-6/h1-3,5,8H,4,7H2/t5-/m0/s1. The van der Waals surface area contributed by atoms with Crippen molar-refractivity contribution in [2.75, 3.05) is 6.61 Å². The molecular weight excluding hydrogens is 118 g/mol. The lowest BCUT2D eigenvalue weighted by molar-refractivity contribution is 0.252. The highest BCUT2D eigenvalue weighted by molar-refractivity contribution is 5.02. The summed E-state index contributed by atoms with van der Waals surface area (Å²) in [6.45, 7) is -0.0759. The Morgan fingerprint density at radius 2 is 2.56 bits per heavy atom. The summed E-state index contributed by atoms with van der Waals surface area (Å²) in [4.78, 5) is 0. The van der Waals surface area contributed by atoms with Crippen molar-refractivity contribution in [1.82, 2.24) is 0 Å². The van der Waals surface area contributed by atoms with Gasteiger partial charge in [0, 0.05) is 0 Å². The van der Waals surface area contributed by atoms with Gasteiger partial charge < -0.3 is 15.3 Å². The largest absolute Gasteiger partial charge is 0.468 e. The van der Waals surface area contributed by atoms with Gasteiger partial charge in [0.25, 0.3) is 0 Å². The normalized spacial score (nSPS) is 13.6. The summed E-state index contributed by atoms with van der Waals surface area (Å²) in [5, 5.41) is 8.52. The van der Waals surface area contributed by atoms with E-state index >= 15 is 0 Å². The van der Waals surface area contributed by atoms with Gasteiger partial charge in [-0.15, -0.1) is 0 Å². The lowest BCUT2D eigenvalue weighted by Crippen LogP contribution is -2.13. The van der Waals surface area contributed by atoms with E-state index in [0.717, 1.165) is 0 Å². The fourth-order valence-electron chi connectivity index (χ4n) is 0.592. The first-order valence-corrected chi connectivity index (χ1v) is 2.74. The van der Waals surface area contributed by atoms with Crippen LogP contribution in [0.4, 0.5) is 0 Å². The molecule has 0 aromatic carbocycles. The molecule has 0 unspecified atom stereocenters. The molecule has 0 radical (unpaired) electrons. The van der Waals surface area contributed by atoms with E-state index in [4.69, 9.17) is 15.3 Å². The van der Waals surface area contributed by atoms with E-state index < -0.39 is 0 Å². The molecule has 1 atom stereocenters. The first-order chi connectivity index (χ1) is 4.34. The summed E-state index contributed by atoms with van der Waals surface area (Å²) < 4.78 is 4.90. The fraction of sp³-hybridized carbons (Fsp3) is 0.333. The minimum Gasteiger partial charge on any atom is -0.468 e. The quantitative estimate of drug-likeness (QED) is 0.599. The van der Waals surface area contributed by atoms with E-state index in [2.05, 4.69) is 0 Å². The Kier molecular flexibility index (Phi) is 1.87. The molecule has 0 aliphatic heterocycles. The number of hydrogen-bond acceptors (Lipinski definition) is 3. The molecule has 0 bridgehead atoms. The molecule has 0 fully saturated rings. The van der Waals surface area contributed by atoms with Gasteiger partial charge in [-0.2, -0.15) is 0 Å². The van der Waals surface area contributed by atoms with Crippen LogP contribution in [0.5, 0.6) is 0 Å². The van der Waals surface area contributed by atoms with Gasteiger partial charge in [0.2, 0.25) is 0 Å². The Labute approximate surface area is 53.1 Å². The lowest BCUT2D eigenvalue weighted by atomic mass is 10.2. The minimum atomic E-state index is -0.375. The zero-order chi connectivity index (χ0) is 6.69. The molecule has 3 N–H and O–H groups in total. The van der Waals surface area contributed by atoms with Crippen LogP contribution in [0.25, 0.3) is 0 Å². The molecule has 0 aliphatic carbocycles. The van der Waals surface area contributed by atoms with Gasteiger partial charge in [0.15, 0.2) is 0 Å². The van der Waals surface area contributed by atoms with Crippen LogP contribution in [0.15, 0.2) is 22.8 Å². The van der Waals surface area contributed by atoms with Crippen molar-refractivity contribution in [3.8, 4) is 0 Å². The van der Waals surface area contributed by atoms with Crippen LogP contribution in [0.3, 0.4) is 0 Å². The van der Waals surface area contributed by atoms with Crippen LogP contribution in [0.1, 0.15) is 11.8 Å². The van der Waals surface area contributed by atoms with Crippen LogP contribution in [-0.4, -0.2) is 11.7 Å². The summed E-state index contributed by atoms with van der Waals surface area (Å²) in [6, 6.07) is 3.10. The molecule has 1 aromatic rings. The number of aliphatic hydroxyl groups is 1. The summed E-state index contributed by atoms with van der Waals surface area (Å²) in [7, 11) is 0. The monoisotopic (exact) mass is 127 g/mol. The molecule has 0 saturated carbocycles. The molecular formula is C6H9NO2. The average molecular weight is 127 g/mol. The maximum absolute atomic E-state index is 8.52. The first kappa shape index (κ1) is 6.32. The Morgan fingerprint density at radius 3 is 3.00 bits per heavy atom. The zero-order valence-corrected chi connectivity index (χ0v) is 4.95. The SMILES string of the molecule is N[C@@H](CO)c1ccco1. The molecule has 9 heavy (non-hydrogen) atoms. The highest BCUT2D eigenvalue weighted by atomic mass is 16.3. The van der Waals surface area contributed by atoms with Gasteiger partial charge in [0.1, 0.15) is 5.76 Å². The first-order valence-electron chi connectivity index (χ1n) is 2.74. The molecule has 1 heterocycles. The van der Waals surface area contributed by atoms with E-state index in [0.29, 0.717) is 5.76 Å². The number of nitrogens with two attached hydrogens (primary N) is 1. The molecule has 0 aliphatic rings. The second kappa shape index (κ2) is 2.66. The maximum Gasteiger partial charge on any atom is 0.122 e. The van der Waals surface area contributed by atoms with Crippen molar-refractivity contribution in [3.05, 3.63) is 24.2 Å². The van der Waals surface area contributed by atoms with E-state index in [-0.39, 0.29) is 12.6 Å². The molecule has 1 aromatic heterocycles. The highest BCUT2D eigenvalue weighted by Crippen LogP contribution is 2.08. The van der Waals surface area contributed by atoms with E-state index in [1.54, 1.807) is 12.1 Å². The van der Waals surface area contributed by atoms with Gasteiger partial charge in [-0.05, 0) is 12.1 Å². The molecule has 1 rings (SSSR count). The second-order valence-electron chi connectivity index (χ2n) is 1.80. The van der Waals surface area contributed by atoms with Gasteiger partial charge in [0.05, 0.1) is 18.9 Å². The van der Waals surface area contributed by atoms with Crippen LogP contribution < -0.4 is 5.73 Å². The molecule has 3 nitrogen and oxygen atoms in total. The topological polar surface area (TPSA) is 59.4 Å². The average Bonchev–Trinajstić information content (AvgIpc) is 2.37.